The van der Waals surface area contributed by atoms with Crippen molar-refractivity contribution < 1.29 is 4.74 Å². The smallest absolute Gasteiger partial charge is 0.248 e. The minimum Gasteiger partial charge on any atom is -0.435 e. The monoisotopic (exact) mass is 344 g/mol. The van der Waals surface area contributed by atoms with Crippen LogP contribution in [-0.4, -0.2) is 19.9 Å². The number of anilines is 3. The minimum absolute atomic E-state index is 0.266. The lowest BCUT2D eigenvalue weighted by Crippen LogP contribution is -2.03. The lowest BCUT2D eigenvalue weighted by Gasteiger charge is -2.12. The Morgan fingerprint density at radius 3 is 2.81 bits per heavy atom. The number of aryl methyl sites for hydroxylation is 1. The van der Waals surface area contributed by atoms with Gasteiger partial charge in [0.1, 0.15) is 17.5 Å². The molecule has 0 spiro atoms. The van der Waals surface area contributed by atoms with Crippen LogP contribution in [0.2, 0.25) is 0 Å². The lowest BCUT2D eigenvalue weighted by molar-refractivity contribution is 0.469. The van der Waals surface area contributed by atoms with Gasteiger partial charge in [-0.05, 0) is 31.2 Å². The number of nitrogens with one attached hydrogen (secondary N) is 1. The van der Waals surface area contributed by atoms with Crippen LogP contribution in [-0.2, 0) is 0 Å². The molecule has 26 heavy (non-hydrogen) atoms. The number of para-hydroxylation sites is 1. The van der Waals surface area contributed by atoms with E-state index in [1.54, 1.807) is 12.4 Å². The summed E-state index contributed by atoms with van der Waals surface area (Å²) < 4.78 is 5.96. The summed E-state index contributed by atoms with van der Waals surface area (Å²) >= 11 is 0. The van der Waals surface area contributed by atoms with E-state index < -0.39 is 0 Å². The Morgan fingerprint density at radius 2 is 1.96 bits per heavy atom. The summed E-state index contributed by atoms with van der Waals surface area (Å²) in [4.78, 5) is 17.0. The molecule has 4 rings (SSSR count). The molecule has 1 aromatic carbocycles. The maximum absolute atomic E-state index is 6.20. The Balaban J connectivity index is 1.69. The number of hydrogen-bond acceptors (Lipinski definition) is 7. The van der Waals surface area contributed by atoms with Gasteiger partial charge in [-0.3, -0.25) is 4.98 Å². The summed E-state index contributed by atoms with van der Waals surface area (Å²) in [5.41, 5.74) is 8.94. The van der Waals surface area contributed by atoms with Crippen LogP contribution >= 0.6 is 0 Å². The number of benzene rings is 1. The maximum Gasteiger partial charge on any atom is 0.248 e. The summed E-state index contributed by atoms with van der Waals surface area (Å²) in [6.07, 6.45) is 4.77. The summed E-state index contributed by atoms with van der Waals surface area (Å²) in [6.45, 7) is 1.94. The van der Waals surface area contributed by atoms with E-state index >= 15 is 0 Å². The van der Waals surface area contributed by atoms with Gasteiger partial charge in [0.25, 0.3) is 0 Å². The number of fused-ring (bicyclic) bond motifs is 1. The van der Waals surface area contributed by atoms with E-state index in [9.17, 15) is 0 Å². The molecule has 7 nitrogen and oxygen atoms in total. The van der Waals surface area contributed by atoms with Crippen molar-refractivity contribution in [1.82, 2.24) is 19.9 Å². The summed E-state index contributed by atoms with van der Waals surface area (Å²) in [7, 11) is 0. The van der Waals surface area contributed by atoms with Crippen molar-refractivity contribution in [2.75, 3.05) is 11.1 Å². The molecule has 3 aromatic heterocycles. The Labute approximate surface area is 149 Å². The molecular formula is C19H16N6O. The second kappa shape index (κ2) is 6.64. The zero-order chi connectivity index (χ0) is 17.9. The normalized spacial score (nSPS) is 10.7. The summed E-state index contributed by atoms with van der Waals surface area (Å²) in [5.74, 6) is 1.30. The van der Waals surface area contributed by atoms with E-state index in [0.717, 1.165) is 22.3 Å². The number of pyridine rings is 2. The standard InChI is InChI=1S/C19H16N6O/c1-12-7-8-13-4-2-6-15(17(13)24-12)26-19-16(20)18(22-11-23-19)25-14-5-3-9-21-10-14/h2-11H,20H2,1H3,(H,22,23,25). The van der Waals surface area contributed by atoms with Crippen LogP contribution in [0, 0.1) is 6.92 Å². The first-order chi connectivity index (χ1) is 12.7. The third-order valence-corrected chi connectivity index (χ3v) is 3.80. The molecule has 128 valence electrons. The Morgan fingerprint density at radius 1 is 1.04 bits per heavy atom. The maximum atomic E-state index is 6.20. The van der Waals surface area contributed by atoms with Gasteiger partial charge in [-0.25, -0.2) is 9.97 Å². The molecule has 0 unspecified atom stereocenters. The van der Waals surface area contributed by atoms with Crippen molar-refractivity contribution in [1.29, 1.82) is 0 Å². The van der Waals surface area contributed by atoms with Crippen molar-refractivity contribution >= 4 is 28.1 Å². The zero-order valence-corrected chi connectivity index (χ0v) is 14.0. The Hall–Kier alpha value is -3.74. The van der Waals surface area contributed by atoms with Gasteiger partial charge in [0.2, 0.25) is 5.88 Å². The molecule has 0 saturated carbocycles. The highest BCUT2D eigenvalue weighted by molar-refractivity contribution is 5.85. The lowest BCUT2D eigenvalue weighted by atomic mass is 10.2. The third kappa shape index (κ3) is 3.10. The molecule has 0 saturated heterocycles. The fraction of sp³-hybridized carbons (Fsp3) is 0.0526. The number of nitrogen functional groups attached to an aromatic ring is 1. The molecule has 0 amide bonds. The fourth-order valence-electron chi connectivity index (χ4n) is 2.54. The summed E-state index contributed by atoms with van der Waals surface area (Å²) in [6, 6.07) is 13.4. The molecule has 0 aliphatic rings. The summed E-state index contributed by atoms with van der Waals surface area (Å²) in [5, 5.41) is 4.09. The third-order valence-electron chi connectivity index (χ3n) is 3.80. The van der Waals surface area contributed by atoms with Crippen LogP contribution in [0.25, 0.3) is 10.9 Å². The van der Waals surface area contributed by atoms with Gasteiger partial charge in [0, 0.05) is 17.3 Å². The van der Waals surface area contributed by atoms with E-state index in [-0.39, 0.29) is 5.88 Å². The van der Waals surface area contributed by atoms with Gasteiger partial charge in [0.05, 0.1) is 11.9 Å². The van der Waals surface area contributed by atoms with Crippen LogP contribution in [0.4, 0.5) is 17.2 Å². The van der Waals surface area contributed by atoms with E-state index in [4.69, 9.17) is 10.5 Å². The van der Waals surface area contributed by atoms with E-state index in [2.05, 4.69) is 25.3 Å². The zero-order valence-electron chi connectivity index (χ0n) is 14.0. The number of nitrogens with two attached hydrogens (primary N) is 1. The van der Waals surface area contributed by atoms with Gasteiger partial charge in [-0.15, -0.1) is 0 Å². The topological polar surface area (TPSA) is 98.8 Å². The number of ether oxygens (including phenoxy) is 1. The molecule has 7 heteroatoms. The van der Waals surface area contributed by atoms with Crippen molar-refractivity contribution in [2.24, 2.45) is 0 Å². The predicted octanol–water partition coefficient (Wildman–Crippen LogP) is 3.85. The molecule has 0 fully saturated rings. The fourth-order valence-corrected chi connectivity index (χ4v) is 2.54. The molecule has 0 bridgehead atoms. The molecule has 3 N–H and O–H groups in total. The van der Waals surface area contributed by atoms with Gasteiger partial charge < -0.3 is 15.8 Å². The van der Waals surface area contributed by atoms with Gasteiger partial charge in [-0.1, -0.05) is 18.2 Å². The number of aromatic nitrogens is 4. The first-order valence-electron chi connectivity index (χ1n) is 8.02. The first kappa shape index (κ1) is 15.8. The Kier molecular flexibility index (Phi) is 4.03. The second-order valence-corrected chi connectivity index (χ2v) is 5.69. The van der Waals surface area contributed by atoms with Crippen molar-refractivity contribution in [3.8, 4) is 11.6 Å². The second-order valence-electron chi connectivity index (χ2n) is 5.69. The number of rotatable bonds is 4. The van der Waals surface area contributed by atoms with Crippen LogP contribution in [0.3, 0.4) is 0 Å². The molecule has 0 aliphatic carbocycles. The largest absolute Gasteiger partial charge is 0.435 e. The molecular weight excluding hydrogens is 328 g/mol. The van der Waals surface area contributed by atoms with Gasteiger partial charge >= 0.3 is 0 Å². The van der Waals surface area contributed by atoms with E-state index in [1.165, 1.54) is 6.33 Å². The SMILES string of the molecule is Cc1ccc2cccc(Oc3ncnc(Nc4cccnc4)c3N)c2n1. The minimum atomic E-state index is 0.266. The molecule has 4 aromatic rings. The highest BCUT2D eigenvalue weighted by Crippen LogP contribution is 2.33. The highest BCUT2D eigenvalue weighted by atomic mass is 16.5. The van der Waals surface area contributed by atoms with Gasteiger partial charge in [0.15, 0.2) is 11.6 Å². The van der Waals surface area contributed by atoms with Crippen LogP contribution in [0.15, 0.2) is 61.2 Å². The highest BCUT2D eigenvalue weighted by Gasteiger charge is 2.13. The van der Waals surface area contributed by atoms with Crippen LogP contribution in [0.5, 0.6) is 11.6 Å². The number of nitrogens with zero attached hydrogens (tertiary/aromatic N) is 4. The average molecular weight is 344 g/mol. The predicted molar refractivity (Wildman–Crippen MR) is 101 cm³/mol. The van der Waals surface area contributed by atoms with E-state index in [0.29, 0.717) is 17.3 Å². The van der Waals surface area contributed by atoms with E-state index in [1.807, 2.05) is 49.4 Å². The first-order valence-corrected chi connectivity index (χ1v) is 8.02. The van der Waals surface area contributed by atoms with Gasteiger partial charge in [-0.2, -0.15) is 4.98 Å². The number of hydrogen-bond donors (Lipinski definition) is 2. The van der Waals surface area contributed by atoms with Crippen molar-refractivity contribution in [3.05, 3.63) is 66.9 Å². The quantitative estimate of drug-likeness (QED) is 0.580. The molecule has 0 radical (unpaired) electrons. The molecule has 0 atom stereocenters. The Bertz CT molecular complexity index is 1070. The molecule has 0 aliphatic heterocycles. The van der Waals surface area contributed by atoms with Crippen LogP contribution < -0.4 is 15.8 Å². The van der Waals surface area contributed by atoms with Crippen LogP contribution in [0.1, 0.15) is 5.69 Å². The van der Waals surface area contributed by atoms with Crippen molar-refractivity contribution in [3.63, 3.8) is 0 Å². The molecule has 3 heterocycles. The van der Waals surface area contributed by atoms with Crippen molar-refractivity contribution in [2.45, 2.75) is 6.92 Å². The average Bonchev–Trinajstić information content (AvgIpc) is 2.66.